The fourth-order valence-corrected chi connectivity index (χ4v) is 4.55. The third kappa shape index (κ3) is 4.47. The van der Waals surface area contributed by atoms with Gasteiger partial charge in [-0.25, -0.2) is 4.99 Å². The number of hydrogen-bond donors (Lipinski definition) is 1. The number of nitrogens with one attached hydrogen (secondary N) is 1. The molecule has 7 heteroatoms. The molecule has 0 atom stereocenters. The molecule has 176 valence electrons. The molecule has 3 aliphatic heterocycles. The van der Waals surface area contributed by atoms with Crippen LogP contribution in [0.15, 0.2) is 64.3 Å². The van der Waals surface area contributed by atoms with Crippen LogP contribution in [0.5, 0.6) is 0 Å². The maximum atomic E-state index is 12.2. The lowest BCUT2D eigenvalue weighted by Gasteiger charge is -2.44. The first-order chi connectivity index (χ1) is 16.2. The molecule has 2 aromatic rings. The van der Waals surface area contributed by atoms with E-state index in [0.29, 0.717) is 24.1 Å². The van der Waals surface area contributed by atoms with Gasteiger partial charge in [0.25, 0.3) is 0 Å². The van der Waals surface area contributed by atoms with Gasteiger partial charge in [0.2, 0.25) is 5.96 Å². The Hall–Kier alpha value is -3.12. The number of nitrogens with zero attached hydrogens (tertiary/aromatic N) is 4. The summed E-state index contributed by atoms with van der Waals surface area (Å²) >= 11 is 6.13. The summed E-state index contributed by atoms with van der Waals surface area (Å²) in [6.07, 6.45) is 1.62. The number of halogens is 1. The molecule has 0 bridgehead atoms. The molecule has 0 unspecified atom stereocenters. The smallest absolute Gasteiger partial charge is 0.209 e. The number of hydrogen-bond acceptors (Lipinski definition) is 6. The molecule has 2 aromatic carbocycles. The number of guanidine groups is 1. The molecule has 1 N–H and O–H groups in total. The summed E-state index contributed by atoms with van der Waals surface area (Å²) in [7, 11) is 0. The standard InChI is InChI=1S/C27H30ClN5O/c1-17-11-21(9-10-23(17)28)29-13-18-14-32(15-18)26-31-25(30-24-12-22(34)16-33(24)26)19-5-7-20(8-6-19)27(2,3)4/h5-12,18,29H,13-16H2,1-4H3. The van der Waals surface area contributed by atoms with Crippen LogP contribution in [-0.4, -0.2) is 53.6 Å². The number of fused-ring (bicyclic) bond motifs is 1. The van der Waals surface area contributed by atoms with Crippen molar-refractivity contribution in [2.75, 3.05) is 31.5 Å². The molecule has 0 aromatic heterocycles. The summed E-state index contributed by atoms with van der Waals surface area (Å²) in [5.41, 5.74) is 4.46. The monoisotopic (exact) mass is 475 g/mol. The van der Waals surface area contributed by atoms with E-state index in [1.165, 1.54) is 5.56 Å². The van der Waals surface area contributed by atoms with Crippen molar-refractivity contribution in [3.8, 4) is 0 Å². The van der Waals surface area contributed by atoms with Gasteiger partial charge in [-0.1, -0.05) is 56.6 Å². The second kappa shape index (κ2) is 8.58. The normalized spacial score (nSPS) is 18.3. The average molecular weight is 476 g/mol. The number of rotatable bonds is 4. The summed E-state index contributed by atoms with van der Waals surface area (Å²) in [5.74, 6) is 2.72. The van der Waals surface area contributed by atoms with Crippen LogP contribution in [0.25, 0.3) is 0 Å². The Kier molecular flexibility index (Phi) is 5.72. The fraction of sp³-hybridized carbons (Fsp3) is 0.370. The largest absolute Gasteiger partial charge is 0.385 e. The summed E-state index contributed by atoms with van der Waals surface area (Å²) in [6.45, 7) is 11.6. The van der Waals surface area contributed by atoms with E-state index in [9.17, 15) is 4.79 Å². The number of likely N-dealkylation sites (tertiary alicyclic amines) is 1. The first-order valence-electron chi connectivity index (χ1n) is 11.7. The molecule has 34 heavy (non-hydrogen) atoms. The maximum Gasteiger partial charge on any atom is 0.209 e. The molecule has 3 heterocycles. The SMILES string of the molecule is Cc1cc(NCC2CN(C3=NC(c4ccc(C(C)(C)C)cc4)=NC4=CC(=O)CN43)C2)ccc1Cl. The van der Waals surface area contributed by atoms with Crippen molar-refractivity contribution in [2.24, 2.45) is 15.9 Å². The molecule has 1 saturated heterocycles. The molecule has 5 rings (SSSR count). The first-order valence-corrected chi connectivity index (χ1v) is 12.1. The molecular weight excluding hydrogens is 446 g/mol. The number of carbonyl (C=O) groups excluding carboxylic acids is 1. The van der Waals surface area contributed by atoms with Crippen LogP contribution in [0.2, 0.25) is 5.02 Å². The minimum absolute atomic E-state index is 0.0626. The number of ketones is 1. The van der Waals surface area contributed by atoms with E-state index in [4.69, 9.17) is 21.6 Å². The number of anilines is 1. The van der Waals surface area contributed by atoms with E-state index in [2.05, 4.69) is 61.3 Å². The quantitative estimate of drug-likeness (QED) is 0.687. The molecular formula is C27H30ClN5O. The van der Waals surface area contributed by atoms with E-state index in [0.717, 1.165) is 47.4 Å². The van der Waals surface area contributed by atoms with E-state index in [1.54, 1.807) is 6.08 Å². The van der Waals surface area contributed by atoms with Crippen molar-refractivity contribution in [3.63, 3.8) is 0 Å². The van der Waals surface area contributed by atoms with Gasteiger partial charge >= 0.3 is 0 Å². The van der Waals surface area contributed by atoms with Crippen LogP contribution in [0.4, 0.5) is 5.69 Å². The van der Waals surface area contributed by atoms with Crippen molar-refractivity contribution in [3.05, 3.63) is 76.1 Å². The van der Waals surface area contributed by atoms with Crippen molar-refractivity contribution in [1.29, 1.82) is 0 Å². The Balaban J connectivity index is 1.29. The number of aryl methyl sites for hydroxylation is 1. The van der Waals surface area contributed by atoms with Crippen LogP contribution in [0, 0.1) is 12.8 Å². The number of benzene rings is 2. The predicted octanol–water partition coefficient (Wildman–Crippen LogP) is 4.83. The van der Waals surface area contributed by atoms with Gasteiger partial charge in [-0.3, -0.25) is 9.69 Å². The Labute approximate surface area is 206 Å². The highest BCUT2D eigenvalue weighted by atomic mass is 35.5. The van der Waals surface area contributed by atoms with E-state index < -0.39 is 0 Å². The van der Waals surface area contributed by atoms with Gasteiger partial charge in [0, 0.05) is 47.9 Å². The second-order valence-electron chi connectivity index (χ2n) is 10.3. The zero-order valence-electron chi connectivity index (χ0n) is 20.1. The lowest BCUT2D eigenvalue weighted by Crippen LogP contribution is -2.57. The van der Waals surface area contributed by atoms with E-state index >= 15 is 0 Å². The summed E-state index contributed by atoms with van der Waals surface area (Å²) in [6, 6.07) is 14.4. The average Bonchev–Trinajstić information content (AvgIpc) is 3.14. The summed E-state index contributed by atoms with van der Waals surface area (Å²) in [5, 5.41) is 4.30. The maximum absolute atomic E-state index is 12.2. The Bertz CT molecular complexity index is 1220. The lowest BCUT2D eigenvalue weighted by molar-refractivity contribution is -0.113. The number of carbonyl (C=O) groups is 1. The molecule has 0 spiro atoms. The van der Waals surface area contributed by atoms with Crippen molar-refractivity contribution >= 4 is 34.9 Å². The molecule has 0 saturated carbocycles. The Morgan fingerprint density at radius 3 is 2.50 bits per heavy atom. The zero-order valence-corrected chi connectivity index (χ0v) is 20.9. The predicted molar refractivity (Wildman–Crippen MR) is 139 cm³/mol. The lowest BCUT2D eigenvalue weighted by atomic mass is 9.86. The highest BCUT2D eigenvalue weighted by Crippen LogP contribution is 2.28. The number of amidine groups is 1. The minimum atomic E-state index is 0.0626. The van der Waals surface area contributed by atoms with Crippen molar-refractivity contribution < 1.29 is 4.79 Å². The third-order valence-corrected chi connectivity index (χ3v) is 6.97. The van der Waals surface area contributed by atoms with Crippen LogP contribution >= 0.6 is 11.6 Å². The van der Waals surface area contributed by atoms with Gasteiger partial charge in [-0.15, -0.1) is 0 Å². The van der Waals surface area contributed by atoms with Crippen LogP contribution in [0.3, 0.4) is 0 Å². The zero-order chi connectivity index (χ0) is 24.0. The molecule has 1 fully saturated rings. The van der Waals surface area contributed by atoms with Crippen LogP contribution < -0.4 is 5.32 Å². The highest BCUT2D eigenvalue weighted by molar-refractivity contribution is 6.31. The molecule has 0 aliphatic carbocycles. The topological polar surface area (TPSA) is 60.3 Å². The van der Waals surface area contributed by atoms with Gasteiger partial charge in [-0.2, -0.15) is 4.99 Å². The second-order valence-corrected chi connectivity index (χ2v) is 10.8. The van der Waals surface area contributed by atoms with Crippen LogP contribution in [0.1, 0.15) is 37.5 Å². The van der Waals surface area contributed by atoms with Gasteiger partial charge < -0.3 is 10.2 Å². The van der Waals surface area contributed by atoms with E-state index in [-0.39, 0.29) is 11.2 Å². The Morgan fingerprint density at radius 2 is 1.82 bits per heavy atom. The van der Waals surface area contributed by atoms with Gasteiger partial charge in [0.1, 0.15) is 5.82 Å². The first kappa shape index (κ1) is 22.7. The molecule has 6 nitrogen and oxygen atoms in total. The molecule has 0 radical (unpaired) electrons. The van der Waals surface area contributed by atoms with E-state index in [1.807, 2.05) is 24.0 Å². The van der Waals surface area contributed by atoms with Crippen molar-refractivity contribution in [2.45, 2.75) is 33.1 Å². The molecule has 0 amide bonds. The fourth-order valence-electron chi connectivity index (χ4n) is 4.43. The van der Waals surface area contributed by atoms with Gasteiger partial charge in [0.05, 0.1) is 6.54 Å². The van der Waals surface area contributed by atoms with Gasteiger partial charge in [0.15, 0.2) is 11.6 Å². The summed E-state index contributed by atoms with van der Waals surface area (Å²) < 4.78 is 0. The minimum Gasteiger partial charge on any atom is -0.385 e. The highest BCUT2D eigenvalue weighted by Gasteiger charge is 2.37. The summed E-state index contributed by atoms with van der Waals surface area (Å²) in [4.78, 5) is 26.0. The molecule has 3 aliphatic rings. The van der Waals surface area contributed by atoms with Crippen LogP contribution in [-0.2, 0) is 10.2 Å². The third-order valence-electron chi connectivity index (χ3n) is 6.55. The van der Waals surface area contributed by atoms with Gasteiger partial charge in [-0.05, 0) is 41.7 Å². The number of aliphatic imine (C=N–C) groups is 2. The Morgan fingerprint density at radius 1 is 1.09 bits per heavy atom. The van der Waals surface area contributed by atoms with Crippen molar-refractivity contribution in [1.82, 2.24) is 9.80 Å².